The molecule has 1 aromatic rings. The van der Waals surface area contributed by atoms with E-state index in [0.717, 1.165) is 12.3 Å². The normalized spacial score (nSPS) is 33.0. The molecule has 122 valence electrons. The SMILES string of the molecule is O[C@@H]1[C@@H](O)[C@@H](Oc2ccc(CC3CCCC3)cc2)OC[C@@H]1O. The molecular formula is C17H24O5. The van der Waals surface area contributed by atoms with Crippen molar-refractivity contribution in [2.24, 2.45) is 5.92 Å². The Bertz CT molecular complexity index is 468. The number of aliphatic hydroxyl groups excluding tert-OH is 3. The second kappa shape index (κ2) is 6.96. The molecule has 5 heteroatoms. The molecule has 4 atom stereocenters. The van der Waals surface area contributed by atoms with Crippen LogP contribution in [0.15, 0.2) is 24.3 Å². The zero-order chi connectivity index (χ0) is 15.5. The van der Waals surface area contributed by atoms with Crippen LogP contribution in [0, 0.1) is 5.92 Å². The molecule has 0 aromatic heterocycles. The van der Waals surface area contributed by atoms with E-state index >= 15 is 0 Å². The standard InChI is InChI=1S/C17H24O5/c18-14-10-21-17(16(20)15(14)19)22-13-7-5-12(6-8-13)9-11-3-1-2-4-11/h5-8,11,14-20H,1-4,9-10H2/t14-,15-,16+,17+/m0/s1. The summed E-state index contributed by atoms with van der Waals surface area (Å²) in [4.78, 5) is 0. The highest BCUT2D eigenvalue weighted by molar-refractivity contribution is 5.28. The van der Waals surface area contributed by atoms with E-state index in [1.54, 1.807) is 0 Å². The fourth-order valence-corrected chi connectivity index (χ4v) is 3.27. The van der Waals surface area contributed by atoms with Gasteiger partial charge in [0.1, 0.15) is 24.1 Å². The van der Waals surface area contributed by atoms with Gasteiger partial charge in [0.15, 0.2) is 0 Å². The summed E-state index contributed by atoms with van der Waals surface area (Å²) in [6.45, 7) is -0.0529. The molecule has 0 radical (unpaired) electrons. The van der Waals surface area contributed by atoms with Crippen LogP contribution in [0.1, 0.15) is 31.2 Å². The molecule has 2 aliphatic rings. The van der Waals surface area contributed by atoms with Gasteiger partial charge in [0.05, 0.1) is 6.61 Å². The maximum Gasteiger partial charge on any atom is 0.228 e. The first-order valence-electron chi connectivity index (χ1n) is 8.05. The van der Waals surface area contributed by atoms with Crippen molar-refractivity contribution in [3.8, 4) is 5.75 Å². The minimum Gasteiger partial charge on any atom is -0.462 e. The lowest BCUT2D eigenvalue weighted by atomic mass is 9.98. The van der Waals surface area contributed by atoms with Gasteiger partial charge in [-0.2, -0.15) is 0 Å². The Kier molecular flexibility index (Phi) is 4.98. The van der Waals surface area contributed by atoms with Gasteiger partial charge < -0.3 is 24.8 Å². The van der Waals surface area contributed by atoms with Crippen molar-refractivity contribution >= 4 is 0 Å². The molecule has 2 fully saturated rings. The van der Waals surface area contributed by atoms with E-state index in [-0.39, 0.29) is 6.61 Å². The van der Waals surface area contributed by atoms with Crippen LogP contribution in [0.5, 0.6) is 5.75 Å². The van der Waals surface area contributed by atoms with Crippen molar-refractivity contribution < 1.29 is 24.8 Å². The molecule has 1 heterocycles. The monoisotopic (exact) mass is 308 g/mol. The lowest BCUT2D eigenvalue weighted by molar-refractivity contribution is -0.242. The van der Waals surface area contributed by atoms with E-state index in [1.807, 2.05) is 24.3 Å². The van der Waals surface area contributed by atoms with E-state index in [0.29, 0.717) is 5.75 Å². The Morgan fingerprint density at radius 3 is 2.36 bits per heavy atom. The number of rotatable bonds is 4. The first kappa shape index (κ1) is 15.7. The minimum absolute atomic E-state index is 0.0529. The highest BCUT2D eigenvalue weighted by Crippen LogP contribution is 2.29. The maximum atomic E-state index is 9.85. The summed E-state index contributed by atoms with van der Waals surface area (Å²) < 4.78 is 10.8. The maximum absolute atomic E-state index is 9.85. The first-order chi connectivity index (χ1) is 10.6. The topological polar surface area (TPSA) is 79.2 Å². The summed E-state index contributed by atoms with van der Waals surface area (Å²) in [6.07, 6.45) is 1.88. The molecule has 0 amide bonds. The highest BCUT2D eigenvalue weighted by atomic mass is 16.7. The second-order valence-electron chi connectivity index (χ2n) is 6.37. The van der Waals surface area contributed by atoms with Gasteiger partial charge in [-0.05, 0) is 30.0 Å². The predicted molar refractivity (Wildman–Crippen MR) is 80.5 cm³/mol. The van der Waals surface area contributed by atoms with Crippen LogP contribution in [-0.2, 0) is 11.2 Å². The average molecular weight is 308 g/mol. The average Bonchev–Trinajstić information content (AvgIpc) is 3.03. The predicted octanol–water partition coefficient (Wildman–Crippen LogP) is 1.24. The zero-order valence-electron chi connectivity index (χ0n) is 12.6. The molecule has 3 N–H and O–H groups in total. The summed E-state index contributed by atoms with van der Waals surface area (Å²) in [5.41, 5.74) is 1.29. The van der Waals surface area contributed by atoms with Crippen molar-refractivity contribution in [3.63, 3.8) is 0 Å². The van der Waals surface area contributed by atoms with Crippen LogP contribution in [0.4, 0.5) is 0 Å². The van der Waals surface area contributed by atoms with Crippen LogP contribution in [0.3, 0.4) is 0 Å². The second-order valence-corrected chi connectivity index (χ2v) is 6.37. The zero-order valence-corrected chi connectivity index (χ0v) is 12.6. The summed E-state index contributed by atoms with van der Waals surface area (Å²) >= 11 is 0. The molecule has 0 bridgehead atoms. The van der Waals surface area contributed by atoms with Gasteiger partial charge in [0.2, 0.25) is 6.29 Å². The van der Waals surface area contributed by atoms with Crippen LogP contribution >= 0.6 is 0 Å². The van der Waals surface area contributed by atoms with Gasteiger partial charge in [0.25, 0.3) is 0 Å². The smallest absolute Gasteiger partial charge is 0.228 e. The molecule has 5 nitrogen and oxygen atoms in total. The minimum atomic E-state index is -1.26. The van der Waals surface area contributed by atoms with Gasteiger partial charge in [-0.3, -0.25) is 0 Å². The first-order valence-corrected chi connectivity index (χ1v) is 8.05. The summed E-state index contributed by atoms with van der Waals surface area (Å²) in [6, 6.07) is 7.79. The summed E-state index contributed by atoms with van der Waals surface area (Å²) in [5.74, 6) is 1.38. The quantitative estimate of drug-likeness (QED) is 0.780. The van der Waals surface area contributed by atoms with E-state index in [9.17, 15) is 15.3 Å². The van der Waals surface area contributed by atoms with E-state index in [2.05, 4.69) is 0 Å². The summed E-state index contributed by atoms with van der Waals surface area (Å²) in [7, 11) is 0. The fourth-order valence-electron chi connectivity index (χ4n) is 3.27. The number of hydrogen-bond donors (Lipinski definition) is 3. The number of ether oxygens (including phenoxy) is 2. The summed E-state index contributed by atoms with van der Waals surface area (Å²) in [5, 5.41) is 28.9. The van der Waals surface area contributed by atoms with Crippen molar-refractivity contribution in [1.29, 1.82) is 0 Å². The molecule has 1 saturated carbocycles. The lowest BCUT2D eigenvalue weighted by Crippen LogP contribution is -2.54. The largest absolute Gasteiger partial charge is 0.462 e. The van der Waals surface area contributed by atoms with Crippen molar-refractivity contribution in [2.45, 2.75) is 56.7 Å². The molecule has 1 saturated heterocycles. The lowest BCUT2D eigenvalue weighted by Gasteiger charge is -2.34. The third-order valence-electron chi connectivity index (χ3n) is 4.63. The molecule has 1 aliphatic heterocycles. The van der Waals surface area contributed by atoms with Crippen molar-refractivity contribution in [2.75, 3.05) is 6.61 Å². The number of benzene rings is 1. The Morgan fingerprint density at radius 2 is 1.68 bits per heavy atom. The highest BCUT2D eigenvalue weighted by Gasteiger charge is 2.38. The Labute approximate surface area is 130 Å². The van der Waals surface area contributed by atoms with E-state index < -0.39 is 24.6 Å². The van der Waals surface area contributed by atoms with Gasteiger partial charge in [0, 0.05) is 0 Å². The van der Waals surface area contributed by atoms with E-state index in [1.165, 1.54) is 31.2 Å². The third kappa shape index (κ3) is 3.60. The molecule has 0 unspecified atom stereocenters. The van der Waals surface area contributed by atoms with Crippen LogP contribution in [0.25, 0.3) is 0 Å². The van der Waals surface area contributed by atoms with Gasteiger partial charge in [-0.25, -0.2) is 0 Å². The fraction of sp³-hybridized carbons (Fsp3) is 0.647. The Morgan fingerprint density at radius 1 is 1.00 bits per heavy atom. The van der Waals surface area contributed by atoms with Crippen LogP contribution < -0.4 is 4.74 Å². The van der Waals surface area contributed by atoms with E-state index in [4.69, 9.17) is 9.47 Å². The molecule has 22 heavy (non-hydrogen) atoms. The number of aliphatic hydroxyl groups is 3. The van der Waals surface area contributed by atoms with Crippen LogP contribution in [-0.4, -0.2) is 46.5 Å². The Balaban J connectivity index is 1.56. The van der Waals surface area contributed by atoms with Crippen LogP contribution in [0.2, 0.25) is 0 Å². The van der Waals surface area contributed by atoms with Gasteiger partial charge in [-0.15, -0.1) is 0 Å². The molecular weight excluding hydrogens is 284 g/mol. The molecule has 3 rings (SSSR count). The molecule has 0 spiro atoms. The van der Waals surface area contributed by atoms with Gasteiger partial charge in [-0.1, -0.05) is 37.8 Å². The Hall–Kier alpha value is -1.14. The molecule has 1 aliphatic carbocycles. The van der Waals surface area contributed by atoms with Crippen molar-refractivity contribution in [1.82, 2.24) is 0 Å². The van der Waals surface area contributed by atoms with Gasteiger partial charge >= 0.3 is 0 Å². The van der Waals surface area contributed by atoms with Crippen molar-refractivity contribution in [3.05, 3.63) is 29.8 Å². The molecule has 1 aromatic carbocycles. The third-order valence-corrected chi connectivity index (χ3v) is 4.63. The number of hydrogen-bond acceptors (Lipinski definition) is 5.